The lowest BCUT2D eigenvalue weighted by Gasteiger charge is -2.32. The van der Waals surface area contributed by atoms with Gasteiger partial charge in [0.1, 0.15) is 5.82 Å². The van der Waals surface area contributed by atoms with Gasteiger partial charge in [-0.25, -0.2) is 4.39 Å². The molecule has 0 aliphatic carbocycles. The van der Waals surface area contributed by atoms with Gasteiger partial charge in [0.25, 0.3) is 0 Å². The van der Waals surface area contributed by atoms with E-state index in [1.165, 1.54) is 31.9 Å². The van der Waals surface area contributed by atoms with Gasteiger partial charge in [-0.1, -0.05) is 24.1 Å². The highest BCUT2D eigenvalue weighted by Gasteiger charge is 2.18. The van der Waals surface area contributed by atoms with Crippen LogP contribution < -0.4 is 5.32 Å². The molecule has 100 valence electrons. The van der Waals surface area contributed by atoms with E-state index in [0.717, 1.165) is 13.0 Å². The smallest absolute Gasteiger partial charge is 0.147 e. The van der Waals surface area contributed by atoms with Crippen LogP contribution in [-0.2, 0) is 0 Å². The maximum Gasteiger partial charge on any atom is 0.147 e. The quantitative estimate of drug-likeness (QED) is 0.896. The number of para-hydroxylation sites is 1. The molecule has 0 amide bonds. The molecule has 18 heavy (non-hydrogen) atoms. The molecule has 0 aromatic heterocycles. The molecule has 1 aliphatic heterocycles. The lowest BCUT2D eigenvalue weighted by Crippen LogP contribution is -2.37. The van der Waals surface area contributed by atoms with E-state index in [0.29, 0.717) is 16.8 Å². The fourth-order valence-corrected chi connectivity index (χ4v) is 2.77. The van der Waals surface area contributed by atoms with Crippen molar-refractivity contribution in [2.24, 2.45) is 0 Å². The molecule has 0 spiro atoms. The van der Waals surface area contributed by atoms with Crippen molar-refractivity contribution in [1.82, 2.24) is 4.90 Å². The Morgan fingerprint density at radius 2 is 2.28 bits per heavy atom. The second-order valence-electron chi connectivity index (χ2n) is 4.94. The fourth-order valence-electron chi connectivity index (χ4n) is 2.54. The largest absolute Gasteiger partial charge is 0.381 e. The van der Waals surface area contributed by atoms with Crippen molar-refractivity contribution in [1.29, 1.82) is 0 Å². The Morgan fingerprint density at radius 1 is 1.44 bits per heavy atom. The molecular weight excluding hydrogens is 251 g/mol. The number of likely N-dealkylation sites (tertiary alicyclic amines) is 1. The first kappa shape index (κ1) is 13.6. The Bertz CT molecular complexity index is 377. The molecule has 1 saturated heterocycles. The predicted molar refractivity (Wildman–Crippen MR) is 74.8 cm³/mol. The van der Waals surface area contributed by atoms with E-state index in [1.807, 2.05) is 0 Å². The van der Waals surface area contributed by atoms with Crippen LogP contribution in [0.2, 0.25) is 5.02 Å². The number of anilines is 1. The maximum atomic E-state index is 13.5. The number of piperidine rings is 1. The topological polar surface area (TPSA) is 15.3 Å². The van der Waals surface area contributed by atoms with Gasteiger partial charge in [-0.05, 0) is 45.0 Å². The van der Waals surface area contributed by atoms with Gasteiger partial charge in [-0.3, -0.25) is 0 Å². The normalized spacial score (nSPS) is 20.9. The van der Waals surface area contributed by atoms with Gasteiger partial charge in [-0.15, -0.1) is 0 Å². The van der Waals surface area contributed by atoms with Gasteiger partial charge in [0, 0.05) is 12.6 Å². The van der Waals surface area contributed by atoms with E-state index < -0.39 is 0 Å². The molecule has 2 nitrogen and oxygen atoms in total. The number of nitrogens with zero attached hydrogens (tertiary/aromatic N) is 1. The van der Waals surface area contributed by atoms with Crippen molar-refractivity contribution in [3.8, 4) is 0 Å². The van der Waals surface area contributed by atoms with Gasteiger partial charge in [-0.2, -0.15) is 0 Å². The minimum absolute atomic E-state index is 0.278. The van der Waals surface area contributed by atoms with Crippen LogP contribution >= 0.6 is 11.6 Å². The molecule has 0 bridgehead atoms. The van der Waals surface area contributed by atoms with Crippen LogP contribution in [0.25, 0.3) is 0 Å². The van der Waals surface area contributed by atoms with Crippen LogP contribution in [-0.4, -0.2) is 31.1 Å². The monoisotopic (exact) mass is 270 g/mol. The van der Waals surface area contributed by atoms with Crippen LogP contribution in [0, 0.1) is 5.82 Å². The number of hydrogen-bond acceptors (Lipinski definition) is 2. The first-order chi connectivity index (χ1) is 8.68. The molecule has 1 unspecified atom stereocenters. The highest BCUT2D eigenvalue weighted by atomic mass is 35.5. The Hall–Kier alpha value is -0.800. The average Bonchev–Trinajstić information content (AvgIpc) is 2.35. The van der Waals surface area contributed by atoms with Crippen LogP contribution in [0.5, 0.6) is 0 Å². The third-order valence-corrected chi connectivity index (χ3v) is 3.98. The van der Waals surface area contributed by atoms with Crippen molar-refractivity contribution >= 4 is 17.3 Å². The van der Waals surface area contributed by atoms with Gasteiger partial charge >= 0.3 is 0 Å². The Morgan fingerprint density at radius 3 is 3.00 bits per heavy atom. The standard InChI is InChI=1S/C14H20ClFN2/c1-18-10-3-2-5-11(18)8-9-17-14-12(15)6-4-7-13(14)16/h4,6-7,11,17H,2-3,5,8-10H2,1H3. The van der Waals surface area contributed by atoms with Crippen molar-refractivity contribution in [3.05, 3.63) is 29.0 Å². The third-order valence-electron chi connectivity index (χ3n) is 3.66. The summed E-state index contributed by atoms with van der Waals surface area (Å²) >= 11 is 5.97. The molecule has 0 saturated carbocycles. The zero-order valence-electron chi connectivity index (χ0n) is 10.8. The zero-order chi connectivity index (χ0) is 13.0. The Balaban J connectivity index is 1.84. The second kappa shape index (κ2) is 6.39. The molecule has 1 atom stereocenters. The molecule has 1 heterocycles. The summed E-state index contributed by atoms with van der Waals surface area (Å²) in [4.78, 5) is 2.40. The fraction of sp³-hybridized carbons (Fsp3) is 0.571. The van der Waals surface area contributed by atoms with E-state index in [9.17, 15) is 4.39 Å². The van der Waals surface area contributed by atoms with E-state index in [4.69, 9.17) is 11.6 Å². The molecule has 1 aliphatic rings. The van der Waals surface area contributed by atoms with Crippen molar-refractivity contribution < 1.29 is 4.39 Å². The van der Waals surface area contributed by atoms with Gasteiger partial charge < -0.3 is 10.2 Å². The molecular formula is C14H20ClFN2. The summed E-state index contributed by atoms with van der Waals surface area (Å²) < 4.78 is 13.5. The van der Waals surface area contributed by atoms with Crippen LogP contribution in [0.3, 0.4) is 0 Å². The molecule has 4 heteroatoms. The van der Waals surface area contributed by atoms with Crippen LogP contribution in [0.15, 0.2) is 18.2 Å². The number of halogens is 2. The number of rotatable bonds is 4. The molecule has 1 fully saturated rings. The van der Waals surface area contributed by atoms with E-state index >= 15 is 0 Å². The van der Waals surface area contributed by atoms with E-state index in [-0.39, 0.29) is 5.82 Å². The molecule has 1 N–H and O–H groups in total. The highest BCUT2D eigenvalue weighted by molar-refractivity contribution is 6.33. The summed E-state index contributed by atoms with van der Waals surface area (Å²) in [5.41, 5.74) is 0.428. The van der Waals surface area contributed by atoms with Crippen molar-refractivity contribution in [2.75, 3.05) is 25.5 Å². The van der Waals surface area contributed by atoms with Crippen LogP contribution in [0.1, 0.15) is 25.7 Å². The second-order valence-corrected chi connectivity index (χ2v) is 5.35. The SMILES string of the molecule is CN1CCCCC1CCNc1c(F)cccc1Cl. The Kier molecular flexibility index (Phi) is 4.84. The number of benzene rings is 1. The zero-order valence-corrected chi connectivity index (χ0v) is 11.5. The molecule has 2 rings (SSSR count). The van der Waals surface area contributed by atoms with Crippen LogP contribution in [0.4, 0.5) is 10.1 Å². The molecule has 1 aromatic carbocycles. The molecule has 0 radical (unpaired) electrons. The van der Waals surface area contributed by atoms with E-state index in [1.54, 1.807) is 12.1 Å². The highest BCUT2D eigenvalue weighted by Crippen LogP contribution is 2.25. The van der Waals surface area contributed by atoms with Crippen molar-refractivity contribution in [2.45, 2.75) is 31.7 Å². The predicted octanol–water partition coefficient (Wildman–Crippen LogP) is 3.77. The summed E-state index contributed by atoms with van der Waals surface area (Å²) in [5, 5.41) is 3.57. The minimum Gasteiger partial charge on any atom is -0.381 e. The average molecular weight is 271 g/mol. The van der Waals surface area contributed by atoms with Gasteiger partial charge in [0.2, 0.25) is 0 Å². The molecule has 1 aromatic rings. The number of nitrogens with one attached hydrogen (secondary N) is 1. The van der Waals surface area contributed by atoms with Crippen molar-refractivity contribution in [3.63, 3.8) is 0 Å². The third kappa shape index (κ3) is 3.36. The van der Waals surface area contributed by atoms with E-state index in [2.05, 4.69) is 17.3 Å². The summed E-state index contributed by atoms with van der Waals surface area (Å²) in [6.45, 7) is 1.93. The number of hydrogen-bond donors (Lipinski definition) is 1. The van der Waals surface area contributed by atoms with Gasteiger partial charge in [0.05, 0.1) is 10.7 Å². The van der Waals surface area contributed by atoms with Gasteiger partial charge in [0.15, 0.2) is 0 Å². The lowest BCUT2D eigenvalue weighted by molar-refractivity contribution is 0.179. The lowest BCUT2D eigenvalue weighted by atomic mass is 10.0. The summed E-state index contributed by atoms with van der Waals surface area (Å²) in [6, 6.07) is 5.37. The first-order valence-electron chi connectivity index (χ1n) is 6.56. The maximum absolute atomic E-state index is 13.5. The minimum atomic E-state index is -0.278. The first-order valence-corrected chi connectivity index (χ1v) is 6.94. The summed E-state index contributed by atoms with van der Waals surface area (Å²) in [5.74, 6) is -0.278. The summed E-state index contributed by atoms with van der Waals surface area (Å²) in [7, 11) is 2.17. The Labute approximate surface area is 113 Å². The summed E-state index contributed by atoms with van der Waals surface area (Å²) in [6.07, 6.45) is 4.86.